The number of anilines is 2. The standard InChI is InChI=1S/C19H16N2O2S2/c22-18(23)16-13-8-4-10-15(13)25-17(16)21-19(24)20-14-9-3-6-11-5-1-2-7-12(11)14/h1-3,5-7,9H,4,8,10H2,(H,22,23)(H2,20,21,24). The second-order valence-corrected chi connectivity index (χ2v) is 7.49. The minimum Gasteiger partial charge on any atom is -0.478 e. The summed E-state index contributed by atoms with van der Waals surface area (Å²) in [6.45, 7) is 0. The van der Waals surface area contributed by atoms with E-state index in [0.717, 1.165) is 46.2 Å². The van der Waals surface area contributed by atoms with Crippen molar-refractivity contribution < 1.29 is 9.90 Å². The Kier molecular flexibility index (Phi) is 4.15. The van der Waals surface area contributed by atoms with Crippen LogP contribution in [0, 0.1) is 0 Å². The summed E-state index contributed by atoms with van der Waals surface area (Å²) in [4.78, 5) is 12.8. The van der Waals surface area contributed by atoms with Crippen LogP contribution in [0.15, 0.2) is 42.5 Å². The monoisotopic (exact) mass is 368 g/mol. The lowest BCUT2D eigenvalue weighted by molar-refractivity contribution is 0.0697. The summed E-state index contributed by atoms with van der Waals surface area (Å²) in [7, 11) is 0. The van der Waals surface area contributed by atoms with Gasteiger partial charge >= 0.3 is 5.97 Å². The van der Waals surface area contributed by atoms with Gasteiger partial charge in [0.2, 0.25) is 0 Å². The Morgan fingerprint density at radius 2 is 1.88 bits per heavy atom. The van der Waals surface area contributed by atoms with Crippen molar-refractivity contribution in [3.05, 3.63) is 58.5 Å². The molecule has 0 unspecified atom stereocenters. The van der Waals surface area contributed by atoms with E-state index in [-0.39, 0.29) is 0 Å². The first-order chi connectivity index (χ1) is 12.1. The van der Waals surface area contributed by atoms with Gasteiger partial charge in [-0.25, -0.2) is 4.79 Å². The Morgan fingerprint density at radius 3 is 2.72 bits per heavy atom. The van der Waals surface area contributed by atoms with E-state index in [4.69, 9.17) is 12.2 Å². The molecular weight excluding hydrogens is 352 g/mol. The molecule has 4 rings (SSSR count). The Labute approximate surface area is 154 Å². The van der Waals surface area contributed by atoms with Crippen molar-refractivity contribution in [3.8, 4) is 0 Å². The van der Waals surface area contributed by atoms with Crippen LogP contribution in [0.2, 0.25) is 0 Å². The maximum absolute atomic E-state index is 11.7. The van der Waals surface area contributed by atoms with E-state index in [9.17, 15) is 9.90 Å². The van der Waals surface area contributed by atoms with Gasteiger partial charge in [-0.2, -0.15) is 0 Å². The van der Waals surface area contributed by atoms with Gasteiger partial charge < -0.3 is 15.7 Å². The number of carboxylic acid groups (broad SMARTS) is 1. The number of rotatable bonds is 3. The van der Waals surface area contributed by atoms with Crippen molar-refractivity contribution in [2.75, 3.05) is 10.6 Å². The molecule has 3 N–H and O–H groups in total. The number of thiophene rings is 1. The Balaban J connectivity index is 1.60. The van der Waals surface area contributed by atoms with Gasteiger partial charge in [-0.1, -0.05) is 36.4 Å². The zero-order valence-corrected chi connectivity index (χ0v) is 15.0. The van der Waals surface area contributed by atoms with Crippen LogP contribution < -0.4 is 10.6 Å². The second-order valence-electron chi connectivity index (χ2n) is 5.97. The average Bonchev–Trinajstić information content (AvgIpc) is 3.15. The third kappa shape index (κ3) is 2.99. The minimum atomic E-state index is -0.894. The van der Waals surface area contributed by atoms with Crippen LogP contribution in [0.4, 0.5) is 10.7 Å². The number of fused-ring (bicyclic) bond motifs is 2. The largest absolute Gasteiger partial charge is 0.478 e. The van der Waals surface area contributed by atoms with Gasteiger partial charge in [0, 0.05) is 16.0 Å². The van der Waals surface area contributed by atoms with Gasteiger partial charge in [-0.05, 0) is 48.5 Å². The first kappa shape index (κ1) is 16.1. The Bertz CT molecular complexity index is 989. The number of thiocarbonyl (C=S) groups is 1. The lowest BCUT2D eigenvalue weighted by atomic mass is 10.1. The third-order valence-electron chi connectivity index (χ3n) is 4.40. The van der Waals surface area contributed by atoms with Crippen LogP contribution >= 0.6 is 23.6 Å². The molecule has 0 bridgehead atoms. The molecule has 1 heterocycles. The molecule has 0 aliphatic heterocycles. The smallest absolute Gasteiger partial charge is 0.339 e. The SMILES string of the molecule is O=C(O)c1c(NC(=S)Nc2cccc3ccccc23)sc2c1CCC2. The molecule has 0 radical (unpaired) electrons. The van der Waals surface area contributed by atoms with E-state index in [0.29, 0.717) is 15.7 Å². The van der Waals surface area contributed by atoms with Crippen molar-refractivity contribution in [1.82, 2.24) is 0 Å². The molecule has 6 heteroatoms. The van der Waals surface area contributed by atoms with Gasteiger partial charge in [0.15, 0.2) is 5.11 Å². The summed E-state index contributed by atoms with van der Waals surface area (Å²) in [5.41, 5.74) is 2.24. The summed E-state index contributed by atoms with van der Waals surface area (Å²) in [5.74, 6) is -0.894. The topological polar surface area (TPSA) is 61.4 Å². The molecule has 0 saturated carbocycles. The summed E-state index contributed by atoms with van der Waals surface area (Å²) in [6, 6.07) is 14.0. The molecule has 1 aliphatic rings. The second kappa shape index (κ2) is 6.46. The highest BCUT2D eigenvalue weighted by Crippen LogP contribution is 2.39. The van der Waals surface area contributed by atoms with Crippen LogP contribution in [-0.2, 0) is 12.8 Å². The van der Waals surface area contributed by atoms with Crippen LogP contribution in [-0.4, -0.2) is 16.2 Å². The maximum atomic E-state index is 11.7. The number of nitrogens with one attached hydrogen (secondary N) is 2. The molecule has 25 heavy (non-hydrogen) atoms. The van der Waals surface area contributed by atoms with Crippen molar-refractivity contribution in [3.63, 3.8) is 0 Å². The first-order valence-electron chi connectivity index (χ1n) is 8.07. The predicted octanol–water partition coefficient (Wildman–Crippen LogP) is 4.90. The molecule has 0 saturated heterocycles. The molecule has 0 amide bonds. The van der Waals surface area contributed by atoms with Gasteiger partial charge in [0.1, 0.15) is 5.00 Å². The van der Waals surface area contributed by atoms with E-state index in [2.05, 4.69) is 10.6 Å². The van der Waals surface area contributed by atoms with Crippen molar-refractivity contribution in [2.45, 2.75) is 19.3 Å². The van der Waals surface area contributed by atoms with Crippen LogP contribution in [0.1, 0.15) is 27.2 Å². The molecule has 126 valence electrons. The molecule has 0 fully saturated rings. The fraction of sp³-hybridized carbons (Fsp3) is 0.158. The number of benzene rings is 2. The number of carbonyl (C=O) groups is 1. The third-order valence-corrected chi connectivity index (χ3v) is 5.81. The van der Waals surface area contributed by atoms with Gasteiger partial charge in [-0.3, -0.25) is 0 Å². The molecule has 3 aromatic rings. The summed E-state index contributed by atoms with van der Waals surface area (Å²) in [6.07, 6.45) is 2.81. The average molecular weight is 368 g/mol. The van der Waals surface area contributed by atoms with Crippen LogP contribution in [0.25, 0.3) is 10.8 Å². The first-order valence-corrected chi connectivity index (χ1v) is 9.29. The van der Waals surface area contributed by atoms with Crippen LogP contribution in [0.3, 0.4) is 0 Å². The van der Waals surface area contributed by atoms with Gasteiger partial charge in [0.05, 0.1) is 5.56 Å². The highest BCUT2D eigenvalue weighted by molar-refractivity contribution is 7.80. The fourth-order valence-corrected chi connectivity index (χ4v) is 4.87. The molecule has 1 aromatic heterocycles. The molecule has 2 aromatic carbocycles. The zero-order valence-electron chi connectivity index (χ0n) is 13.3. The van der Waals surface area contributed by atoms with Gasteiger partial charge in [-0.15, -0.1) is 11.3 Å². The molecular formula is C19H16N2O2S2. The number of aromatic carboxylic acids is 1. The number of hydrogen-bond donors (Lipinski definition) is 3. The highest BCUT2D eigenvalue weighted by atomic mass is 32.1. The number of hydrogen-bond acceptors (Lipinski definition) is 3. The lowest BCUT2D eigenvalue weighted by Crippen LogP contribution is -2.20. The van der Waals surface area contributed by atoms with Crippen molar-refractivity contribution in [1.29, 1.82) is 0 Å². The molecule has 1 aliphatic carbocycles. The highest BCUT2D eigenvalue weighted by Gasteiger charge is 2.26. The van der Waals surface area contributed by atoms with E-state index in [1.807, 2.05) is 42.5 Å². The number of aryl methyl sites for hydroxylation is 1. The lowest BCUT2D eigenvalue weighted by Gasteiger charge is -2.12. The van der Waals surface area contributed by atoms with Crippen molar-refractivity contribution in [2.24, 2.45) is 0 Å². The maximum Gasteiger partial charge on any atom is 0.339 e. The minimum absolute atomic E-state index is 0.375. The van der Waals surface area contributed by atoms with Crippen molar-refractivity contribution >= 4 is 56.1 Å². The van der Waals surface area contributed by atoms with E-state index < -0.39 is 5.97 Å². The fourth-order valence-electron chi connectivity index (χ4n) is 3.31. The summed E-state index contributed by atoms with van der Waals surface area (Å²) < 4.78 is 0. The van der Waals surface area contributed by atoms with Crippen LogP contribution in [0.5, 0.6) is 0 Å². The number of carboxylic acids is 1. The quantitative estimate of drug-likeness (QED) is 0.574. The summed E-state index contributed by atoms with van der Waals surface area (Å²) >= 11 is 6.93. The summed E-state index contributed by atoms with van der Waals surface area (Å²) in [5, 5.41) is 19.1. The Morgan fingerprint density at radius 1 is 1.08 bits per heavy atom. The normalized spacial score (nSPS) is 12.8. The molecule has 4 nitrogen and oxygen atoms in total. The van der Waals surface area contributed by atoms with E-state index in [1.54, 1.807) is 0 Å². The molecule has 0 atom stereocenters. The van der Waals surface area contributed by atoms with E-state index >= 15 is 0 Å². The Hall–Kier alpha value is -2.44. The molecule has 0 spiro atoms. The van der Waals surface area contributed by atoms with Gasteiger partial charge in [0.25, 0.3) is 0 Å². The van der Waals surface area contributed by atoms with E-state index in [1.165, 1.54) is 11.3 Å². The predicted molar refractivity (Wildman–Crippen MR) is 107 cm³/mol. The zero-order chi connectivity index (χ0) is 17.4.